The molecule has 1 aromatic heterocycles. The van der Waals surface area contributed by atoms with Crippen molar-refractivity contribution in [3.05, 3.63) is 18.5 Å². The first-order valence-electron chi connectivity index (χ1n) is 6.89. The van der Waals surface area contributed by atoms with Crippen LogP contribution in [-0.4, -0.2) is 37.3 Å². The Labute approximate surface area is 109 Å². The van der Waals surface area contributed by atoms with Gasteiger partial charge in [-0.15, -0.1) is 0 Å². The summed E-state index contributed by atoms with van der Waals surface area (Å²) >= 11 is 0. The molecule has 0 saturated carbocycles. The van der Waals surface area contributed by atoms with Crippen molar-refractivity contribution in [3.63, 3.8) is 0 Å². The monoisotopic (exact) mass is 249 g/mol. The number of hydrogen-bond acceptors (Lipinski definition) is 4. The second-order valence-electron chi connectivity index (χ2n) is 4.66. The fourth-order valence-electron chi connectivity index (χ4n) is 2.34. The first-order chi connectivity index (χ1) is 8.83. The van der Waals surface area contributed by atoms with Gasteiger partial charge in [-0.1, -0.05) is 0 Å². The molecule has 1 aliphatic heterocycles. The zero-order valence-corrected chi connectivity index (χ0v) is 11.4. The van der Waals surface area contributed by atoms with Crippen molar-refractivity contribution in [1.82, 2.24) is 10.3 Å². The maximum Gasteiger partial charge on any atom is 0.139 e. The molecule has 4 nitrogen and oxygen atoms in total. The summed E-state index contributed by atoms with van der Waals surface area (Å²) in [7, 11) is 0. The van der Waals surface area contributed by atoms with E-state index in [4.69, 9.17) is 4.74 Å². The minimum absolute atomic E-state index is 0.502. The number of nitrogens with one attached hydrogen (secondary N) is 1. The molecule has 0 aromatic carbocycles. The molecule has 1 aliphatic rings. The van der Waals surface area contributed by atoms with Crippen LogP contribution in [0.3, 0.4) is 0 Å². The van der Waals surface area contributed by atoms with E-state index in [1.165, 1.54) is 12.8 Å². The van der Waals surface area contributed by atoms with Crippen LogP contribution in [0.1, 0.15) is 26.7 Å². The van der Waals surface area contributed by atoms with E-state index in [2.05, 4.69) is 35.1 Å². The third-order valence-corrected chi connectivity index (χ3v) is 3.44. The minimum atomic E-state index is 0.502. The van der Waals surface area contributed by atoms with Gasteiger partial charge in [-0.05, 0) is 33.2 Å². The Hall–Kier alpha value is -1.29. The van der Waals surface area contributed by atoms with Crippen LogP contribution in [-0.2, 0) is 0 Å². The van der Waals surface area contributed by atoms with Gasteiger partial charge in [0, 0.05) is 25.2 Å². The number of hydrogen-bond donors (Lipinski definition) is 1. The number of ether oxygens (including phenoxy) is 1. The van der Waals surface area contributed by atoms with E-state index in [1.54, 1.807) is 6.20 Å². The molecular formula is C14H23N3O. The number of pyridine rings is 1. The van der Waals surface area contributed by atoms with Gasteiger partial charge in [0.05, 0.1) is 18.1 Å². The van der Waals surface area contributed by atoms with E-state index in [0.29, 0.717) is 6.04 Å². The van der Waals surface area contributed by atoms with Crippen LogP contribution in [0.2, 0.25) is 0 Å². The van der Waals surface area contributed by atoms with Crippen LogP contribution in [0.25, 0.3) is 0 Å². The second kappa shape index (κ2) is 6.59. The van der Waals surface area contributed by atoms with Crippen LogP contribution in [0, 0.1) is 0 Å². The lowest BCUT2D eigenvalue weighted by atomic mass is 10.2. The Morgan fingerprint density at radius 1 is 1.39 bits per heavy atom. The lowest BCUT2D eigenvalue weighted by Crippen LogP contribution is -2.28. The van der Waals surface area contributed by atoms with Gasteiger partial charge in [0.15, 0.2) is 0 Å². The summed E-state index contributed by atoms with van der Waals surface area (Å²) in [5.41, 5.74) is 1.14. The Kier molecular flexibility index (Phi) is 4.81. The summed E-state index contributed by atoms with van der Waals surface area (Å²) in [6, 6.07) is 2.58. The van der Waals surface area contributed by atoms with E-state index in [-0.39, 0.29) is 0 Å². The normalized spacial score (nSPS) is 18.9. The van der Waals surface area contributed by atoms with Crippen molar-refractivity contribution in [1.29, 1.82) is 0 Å². The van der Waals surface area contributed by atoms with Gasteiger partial charge in [-0.25, -0.2) is 0 Å². The second-order valence-corrected chi connectivity index (χ2v) is 4.66. The molecule has 0 radical (unpaired) electrons. The minimum Gasteiger partial charge on any atom is -0.490 e. The molecular weight excluding hydrogens is 226 g/mol. The molecule has 0 unspecified atom stereocenters. The summed E-state index contributed by atoms with van der Waals surface area (Å²) in [5, 5.41) is 3.43. The van der Waals surface area contributed by atoms with Gasteiger partial charge in [0.25, 0.3) is 0 Å². The highest BCUT2D eigenvalue weighted by atomic mass is 16.5. The summed E-state index contributed by atoms with van der Waals surface area (Å²) < 4.78 is 5.82. The quantitative estimate of drug-likeness (QED) is 0.837. The lowest BCUT2D eigenvalue weighted by Gasteiger charge is -2.21. The van der Waals surface area contributed by atoms with Gasteiger partial charge >= 0.3 is 0 Å². The fourth-order valence-corrected chi connectivity index (χ4v) is 2.34. The average molecular weight is 249 g/mol. The van der Waals surface area contributed by atoms with Gasteiger partial charge in [-0.3, -0.25) is 4.98 Å². The first-order valence-corrected chi connectivity index (χ1v) is 6.89. The van der Waals surface area contributed by atoms with Gasteiger partial charge in [0.1, 0.15) is 12.4 Å². The number of aromatic nitrogens is 1. The van der Waals surface area contributed by atoms with Gasteiger partial charge in [0.2, 0.25) is 0 Å². The van der Waals surface area contributed by atoms with Crippen molar-refractivity contribution < 1.29 is 4.74 Å². The molecule has 2 heterocycles. The lowest BCUT2D eigenvalue weighted by molar-refractivity contribution is 0.276. The molecule has 1 fully saturated rings. The molecule has 4 heteroatoms. The Morgan fingerprint density at radius 2 is 2.22 bits per heavy atom. The molecule has 0 bridgehead atoms. The Balaban J connectivity index is 1.93. The van der Waals surface area contributed by atoms with Gasteiger partial charge in [-0.2, -0.15) is 0 Å². The molecule has 0 spiro atoms. The van der Waals surface area contributed by atoms with E-state index in [9.17, 15) is 0 Å². The van der Waals surface area contributed by atoms with Crippen molar-refractivity contribution in [2.45, 2.75) is 32.7 Å². The van der Waals surface area contributed by atoms with E-state index in [0.717, 1.165) is 37.7 Å². The third-order valence-electron chi connectivity index (χ3n) is 3.44. The van der Waals surface area contributed by atoms with E-state index in [1.807, 2.05) is 6.20 Å². The van der Waals surface area contributed by atoms with Crippen molar-refractivity contribution in [2.75, 3.05) is 31.1 Å². The first kappa shape index (κ1) is 13.1. The van der Waals surface area contributed by atoms with Crippen LogP contribution < -0.4 is 15.0 Å². The van der Waals surface area contributed by atoms with E-state index >= 15 is 0 Å². The summed E-state index contributed by atoms with van der Waals surface area (Å²) in [5.74, 6) is 0.869. The van der Waals surface area contributed by atoms with Crippen LogP contribution in [0.15, 0.2) is 18.5 Å². The van der Waals surface area contributed by atoms with Crippen molar-refractivity contribution in [2.24, 2.45) is 0 Å². The molecule has 100 valence electrons. The number of rotatable bonds is 6. The molecule has 1 N–H and O–H groups in total. The highest BCUT2D eigenvalue weighted by Crippen LogP contribution is 2.19. The molecule has 1 atom stereocenters. The standard InChI is InChI=1S/C14H23N3O/c1-3-17(4-2)13-8-14(10-15-9-13)18-11-12-6-5-7-16-12/h8-10,12,16H,3-7,11H2,1-2H3/t12-/m0/s1. The molecule has 1 aromatic rings. The molecule has 2 rings (SSSR count). The average Bonchev–Trinajstić information content (AvgIpc) is 2.92. The SMILES string of the molecule is CCN(CC)c1cncc(OC[C@@H]2CCCN2)c1. The molecule has 0 amide bonds. The van der Waals surface area contributed by atoms with Crippen molar-refractivity contribution in [3.8, 4) is 5.75 Å². The largest absolute Gasteiger partial charge is 0.490 e. The molecule has 1 saturated heterocycles. The maximum absolute atomic E-state index is 5.82. The molecule has 18 heavy (non-hydrogen) atoms. The Morgan fingerprint density at radius 3 is 2.89 bits per heavy atom. The predicted octanol–water partition coefficient (Wildman–Crippen LogP) is 2.06. The summed E-state index contributed by atoms with van der Waals surface area (Å²) in [4.78, 5) is 6.53. The topological polar surface area (TPSA) is 37.4 Å². The van der Waals surface area contributed by atoms with Crippen LogP contribution in [0.5, 0.6) is 5.75 Å². The highest BCUT2D eigenvalue weighted by Gasteiger charge is 2.14. The summed E-state index contributed by atoms with van der Waals surface area (Å²) in [6.45, 7) is 8.14. The van der Waals surface area contributed by atoms with Gasteiger partial charge < -0.3 is 15.0 Å². The maximum atomic E-state index is 5.82. The zero-order chi connectivity index (χ0) is 12.8. The van der Waals surface area contributed by atoms with Crippen LogP contribution >= 0.6 is 0 Å². The smallest absolute Gasteiger partial charge is 0.139 e. The van der Waals surface area contributed by atoms with Crippen LogP contribution in [0.4, 0.5) is 5.69 Å². The zero-order valence-electron chi connectivity index (χ0n) is 11.4. The fraction of sp³-hybridized carbons (Fsp3) is 0.643. The predicted molar refractivity (Wildman–Crippen MR) is 74.3 cm³/mol. The number of anilines is 1. The van der Waals surface area contributed by atoms with E-state index < -0.39 is 0 Å². The highest BCUT2D eigenvalue weighted by molar-refractivity contribution is 5.47. The third kappa shape index (κ3) is 3.35. The Bertz CT molecular complexity index is 360. The molecule has 0 aliphatic carbocycles. The van der Waals surface area contributed by atoms with Crippen molar-refractivity contribution >= 4 is 5.69 Å². The summed E-state index contributed by atoms with van der Waals surface area (Å²) in [6.07, 6.45) is 6.16. The number of nitrogens with zero attached hydrogens (tertiary/aromatic N) is 2.